The fourth-order valence-corrected chi connectivity index (χ4v) is 17.4. The zero-order valence-electron chi connectivity index (χ0n) is 5.01. The lowest BCUT2D eigenvalue weighted by molar-refractivity contribution is -0.128. The van der Waals surface area contributed by atoms with E-state index in [4.69, 9.17) is 25.0 Å². The van der Waals surface area contributed by atoms with E-state index >= 15 is 0 Å². The molecule has 0 aliphatic carbocycles. The van der Waals surface area contributed by atoms with Gasteiger partial charge in [-0.3, -0.25) is 0 Å². The van der Waals surface area contributed by atoms with E-state index in [-0.39, 0.29) is 0 Å². The van der Waals surface area contributed by atoms with E-state index in [1.165, 1.54) is 0 Å². The predicted octanol–water partition coefficient (Wildman–Crippen LogP) is -2.00. The number of hydrogen-bond donors (Lipinski definition) is 0. The summed E-state index contributed by atoms with van der Waals surface area (Å²) in [5, 5.41) is 0. The number of rotatable bonds is 0. The first-order valence-electron chi connectivity index (χ1n) is 3.05. The van der Waals surface area contributed by atoms with Gasteiger partial charge in [0.15, 0.2) is 0 Å². The van der Waals surface area contributed by atoms with Crippen molar-refractivity contribution in [1.82, 2.24) is 0 Å². The zero-order valence-corrected chi connectivity index (χ0v) is 9.32. The minimum atomic E-state index is -2.66. The van der Waals surface area contributed by atoms with Gasteiger partial charge in [0.2, 0.25) is 0 Å². The fraction of sp³-hybridized carbons (Fsp3) is 0. The summed E-state index contributed by atoms with van der Waals surface area (Å²) in [5.74, 6) is 0. The van der Waals surface area contributed by atoms with Gasteiger partial charge in [-0.2, -0.15) is 0 Å². The molecule has 0 aromatic carbocycles. The van der Waals surface area contributed by atoms with Gasteiger partial charge >= 0.3 is 48.4 Å². The topological polar surface area (TPSA) is 64.6 Å². The van der Waals surface area contributed by atoms with Crippen LogP contribution in [0.15, 0.2) is 0 Å². The van der Waals surface area contributed by atoms with Crippen molar-refractivity contribution in [3.63, 3.8) is 0 Å². The van der Waals surface area contributed by atoms with Crippen molar-refractivity contribution in [3.05, 3.63) is 0 Å². The molecule has 0 amide bonds. The first-order valence-corrected chi connectivity index (χ1v) is 9.14. The predicted molar refractivity (Wildman–Crippen MR) is 30.6 cm³/mol. The highest BCUT2D eigenvalue weighted by Gasteiger charge is 2.88. The van der Waals surface area contributed by atoms with Crippen LogP contribution in [-0.4, -0.2) is 48.4 Å². The molecule has 56 valence electrons. The molecule has 0 aromatic rings. The summed E-state index contributed by atoms with van der Waals surface area (Å²) < 4.78 is 36.6. The standard InChI is InChI=1S/2Al.O7Si2/c;;1-8(2,3)7-9(4,5)6/q2*+3;-6. The maximum atomic E-state index is 5.24. The van der Waals surface area contributed by atoms with Crippen LogP contribution in [0.3, 0.4) is 0 Å². The molecule has 0 atom stereocenters. The van der Waals surface area contributed by atoms with E-state index in [1.54, 1.807) is 0 Å². The van der Waals surface area contributed by atoms with E-state index in [0.717, 1.165) is 0 Å². The van der Waals surface area contributed by atoms with Crippen molar-refractivity contribution in [2.45, 2.75) is 0 Å². The van der Waals surface area contributed by atoms with Gasteiger partial charge in [0, 0.05) is 0 Å². The second-order valence-corrected chi connectivity index (χ2v) is 12.0. The third-order valence-electron chi connectivity index (χ3n) is 1.69. The maximum absolute atomic E-state index is 5.24. The van der Waals surface area contributed by atoms with Gasteiger partial charge in [-0.25, -0.2) is 0 Å². The Morgan fingerprint density at radius 1 is 0.636 bits per heavy atom. The lowest BCUT2D eigenvalue weighted by atomic mass is 15.4. The molecule has 0 radical (unpaired) electrons. The van der Waals surface area contributed by atoms with Crippen LogP contribution in [-0.2, 0) is 25.0 Å². The third-order valence-corrected chi connectivity index (χ3v) is 15.2. The van der Waals surface area contributed by atoms with Crippen molar-refractivity contribution < 1.29 is 25.0 Å². The second kappa shape index (κ2) is 1.70. The van der Waals surface area contributed by atoms with Crippen LogP contribution >= 0.6 is 0 Å². The van der Waals surface area contributed by atoms with Crippen LogP contribution in [0.5, 0.6) is 0 Å². The van der Waals surface area contributed by atoms with Gasteiger partial charge in [-0.1, -0.05) is 0 Å². The highest BCUT2D eigenvalue weighted by Crippen LogP contribution is 2.46. The molecule has 0 N–H and O–H groups in total. The van der Waals surface area contributed by atoms with Gasteiger partial charge < -0.3 is 25.0 Å². The summed E-state index contributed by atoms with van der Waals surface area (Å²) >= 11 is -3.85. The molecule has 6 fully saturated rings. The van der Waals surface area contributed by atoms with Crippen LogP contribution in [0.2, 0.25) is 0 Å². The van der Waals surface area contributed by atoms with Crippen LogP contribution in [0, 0.1) is 0 Å². The molecule has 6 heterocycles. The molecule has 0 saturated carbocycles. The third kappa shape index (κ3) is 0.688. The Morgan fingerprint density at radius 3 is 1.27 bits per heavy atom. The molecule has 6 saturated heterocycles. The Balaban J connectivity index is 1.81. The van der Waals surface area contributed by atoms with Crippen molar-refractivity contribution in [2.24, 2.45) is 0 Å². The molecule has 6 rings (SSSR count). The molecule has 6 aliphatic rings. The number of hydrogen-bond acceptors (Lipinski definition) is 7. The average molecular weight is 222 g/mol. The molecular formula is Al2O7Si2. The summed E-state index contributed by atoms with van der Waals surface area (Å²) in [7, 11) is -5.31. The maximum Gasteiger partial charge on any atom is 0.885 e. The molecule has 0 unspecified atom stereocenters. The van der Waals surface area contributed by atoms with Gasteiger partial charge in [0.1, 0.15) is 0 Å². The smallest absolute Gasteiger partial charge is 0.437 e. The van der Waals surface area contributed by atoms with Gasteiger partial charge in [-0.15, -0.1) is 0 Å². The Hall–Kier alpha value is 1.22. The largest absolute Gasteiger partial charge is 0.885 e. The van der Waals surface area contributed by atoms with Crippen LogP contribution in [0.1, 0.15) is 0 Å². The minimum Gasteiger partial charge on any atom is -0.437 e. The molecule has 4 bridgehead atoms. The van der Waals surface area contributed by atoms with Gasteiger partial charge in [0.25, 0.3) is 0 Å². The highest BCUT2D eigenvalue weighted by atomic mass is 28.5. The lowest BCUT2D eigenvalue weighted by Gasteiger charge is -2.60. The monoisotopic (exact) mass is 222 g/mol. The van der Waals surface area contributed by atoms with Crippen molar-refractivity contribution in [3.8, 4) is 0 Å². The normalized spacial score (nSPS) is 56.7. The second-order valence-electron chi connectivity index (χ2n) is 2.39. The quantitative estimate of drug-likeness (QED) is 0.439. The Labute approximate surface area is 73.4 Å². The van der Waals surface area contributed by atoms with Crippen LogP contribution < -0.4 is 0 Å². The minimum absolute atomic E-state index is 1.93. The van der Waals surface area contributed by atoms with Crippen molar-refractivity contribution in [2.75, 3.05) is 0 Å². The summed E-state index contributed by atoms with van der Waals surface area (Å²) in [6.45, 7) is 0. The van der Waals surface area contributed by atoms with Crippen LogP contribution in [0.25, 0.3) is 0 Å². The lowest BCUT2D eigenvalue weighted by Crippen LogP contribution is -2.90. The molecule has 7 nitrogen and oxygen atoms in total. The van der Waals surface area contributed by atoms with E-state index in [2.05, 4.69) is 0 Å². The van der Waals surface area contributed by atoms with Gasteiger partial charge in [0.05, 0.1) is 0 Å². The summed E-state index contributed by atoms with van der Waals surface area (Å²) in [6, 6.07) is 0. The molecule has 2 spiro atoms. The fourth-order valence-electron chi connectivity index (χ4n) is 1.23. The molecular weight excluding hydrogens is 222 g/mol. The average Bonchev–Trinajstić information content (AvgIpc) is 1.79. The SMILES string of the molecule is [O]1[Al]2[O][Si]13[O][Al]1[O][Si]([O]1)([O]2)O3. The van der Waals surface area contributed by atoms with Crippen LogP contribution in [0.4, 0.5) is 0 Å². The van der Waals surface area contributed by atoms with E-state index in [9.17, 15) is 0 Å². The molecule has 0 aromatic heterocycles. The van der Waals surface area contributed by atoms with E-state index in [0.29, 0.717) is 0 Å². The molecule has 6 aliphatic heterocycles. The van der Waals surface area contributed by atoms with Crippen molar-refractivity contribution in [1.29, 1.82) is 0 Å². The highest BCUT2D eigenvalue weighted by molar-refractivity contribution is 6.98. The summed E-state index contributed by atoms with van der Waals surface area (Å²) in [5.41, 5.74) is 0. The Kier molecular flexibility index (Phi) is 1.03. The zero-order chi connectivity index (χ0) is 7.10. The van der Waals surface area contributed by atoms with E-state index < -0.39 is 48.4 Å². The van der Waals surface area contributed by atoms with E-state index in [1.807, 2.05) is 0 Å². The summed E-state index contributed by atoms with van der Waals surface area (Å²) in [4.78, 5) is 0. The first kappa shape index (κ1) is 6.64. The van der Waals surface area contributed by atoms with Gasteiger partial charge in [-0.05, 0) is 0 Å². The molecule has 11 heavy (non-hydrogen) atoms. The first-order chi connectivity index (χ1) is 5.28. The summed E-state index contributed by atoms with van der Waals surface area (Å²) in [6.07, 6.45) is 0. The van der Waals surface area contributed by atoms with Crippen molar-refractivity contribution >= 4 is 48.4 Å². The molecule has 11 heteroatoms. The Morgan fingerprint density at radius 2 is 1.00 bits per heavy atom. The Bertz CT molecular complexity index is 207.